The van der Waals surface area contributed by atoms with Crippen LogP contribution in [0.5, 0.6) is 0 Å². The molecule has 0 aliphatic rings. The number of thiazole rings is 1. The van der Waals surface area contributed by atoms with Crippen molar-refractivity contribution in [2.75, 3.05) is 0 Å². The Morgan fingerprint density at radius 1 is 1.19 bits per heavy atom. The number of hydrogen-bond acceptors (Lipinski definition) is 6. The van der Waals surface area contributed by atoms with Crippen LogP contribution in [0.25, 0.3) is 23.5 Å². The average molecular weight is 541 g/mol. The lowest BCUT2D eigenvalue weighted by atomic mass is 9.91. The highest BCUT2D eigenvalue weighted by Gasteiger charge is 2.20. The van der Waals surface area contributed by atoms with E-state index in [1.807, 2.05) is 0 Å². The highest BCUT2D eigenvalue weighted by Crippen LogP contribution is 2.26. The van der Waals surface area contributed by atoms with E-state index in [0.29, 0.717) is 31.8 Å². The van der Waals surface area contributed by atoms with Crippen molar-refractivity contribution in [3.05, 3.63) is 106 Å². The molecule has 0 aliphatic heterocycles. The summed E-state index contributed by atoms with van der Waals surface area (Å²) in [7, 11) is 0. The molecule has 2 aromatic heterocycles. The number of aromatic nitrogens is 1. The molecule has 0 saturated carbocycles. The topological polar surface area (TPSA) is 95.3 Å². The summed E-state index contributed by atoms with van der Waals surface area (Å²) in [5.74, 6) is 0.109. The van der Waals surface area contributed by atoms with Gasteiger partial charge < -0.3 is 4.42 Å². The third-order valence-corrected chi connectivity index (χ3v) is 6.93. The molecule has 37 heavy (non-hydrogen) atoms. The minimum atomic E-state index is -0.656. The molecule has 190 valence electrons. The largest absolute Gasteiger partial charge is 0.457 e. The number of ketones is 1. The first-order valence-corrected chi connectivity index (χ1v) is 12.4. The standard InChI is InChI=1S/C27H22ClFN2O5S/c1-27(2,3)24(32)14-25-30(15-17-7-8-18(29)12-21(17)28)26(33)23(37-25)13-20-9-10-22(36-20)16-5-4-6-19(11-16)31(34)35/h4-14H,15H2,1-3H3/b23-13-,25-14-. The number of furan rings is 1. The SMILES string of the molecule is CC(C)(C)C(=O)/C=c1\s/c(=C\c2ccc(-c3cccc([N+](=O)[O-])c3)o2)c(=O)n1Cc1ccc(F)cc1Cl. The van der Waals surface area contributed by atoms with Crippen LogP contribution >= 0.6 is 22.9 Å². The van der Waals surface area contributed by atoms with Crippen LogP contribution in [-0.4, -0.2) is 15.3 Å². The van der Waals surface area contributed by atoms with Gasteiger partial charge in [0.05, 0.1) is 16.0 Å². The summed E-state index contributed by atoms with van der Waals surface area (Å²) in [4.78, 5) is 36.7. The average Bonchev–Trinajstić information content (AvgIpc) is 3.40. The summed E-state index contributed by atoms with van der Waals surface area (Å²) in [6.07, 6.45) is 2.98. The molecule has 0 unspecified atom stereocenters. The zero-order valence-corrected chi connectivity index (χ0v) is 21.7. The summed E-state index contributed by atoms with van der Waals surface area (Å²) in [5, 5.41) is 11.3. The Morgan fingerprint density at radius 2 is 1.95 bits per heavy atom. The quantitative estimate of drug-likeness (QED) is 0.249. The molecule has 4 rings (SSSR count). The first kappa shape index (κ1) is 26.2. The predicted octanol–water partition coefficient (Wildman–Crippen LogP) is 5.14. The molecular formula is C27H22ClFN2O5S. The number of nitro benzene ring substituents is 1. The minimum absolute atomic E-state index is 0.0443. The summed E-state index contributed by atoms with van der Waals surface area (Å²) in [6.45, 7) is 5.39. The molecule has 7 nitrogen and oxygen atoms in total. The van der Waals surface area contributed by atoms with Gasteiger partial charge in [0.15, 0.2) is 5.78 Å². The summed E-state index contributed by atoms with van der Waals surface area (Å²) < 4.78 is 21.5. The lowest BCUT2D eigenvalue weighted by molar-refractivity contribution is -0.384. The van der Waals surface area contributed by atoms with Crippen LogP contribution in [0.3, 0.4) is 0 Å². The van der Waals surface area contributed by atoms with Crippen molar-refractivity contribution < 1.29 is 18.5 Å². The molecule has 2 heterocycles. The number of Topliss-reactive ketones (excluding diaryl/α,β-unsaturated/α-hetero) is 1. The molecule has 0 spiro atoms. The Balaban J connectivity index is 1.81. The molecule has 4 aromatic rings. The monoisotopic (exact) mass is 540 g/mol. The number of carbonyl (C=O) groups is 1. The van der Waals surface area contributed by atoms with Gasteiger partial charge in [-0.1, -0.05) is 50.6 Å². The van der Waals surface area contributed by atoms with Gasteiger partial charge in [-0.2, -0.15) is 0 Å². The Morgan fingerprint density at radius 3 is 2.62 bits per heavy atom. The van der Waals surface area contributed by atoms with Crippen LogP contribution in [0.1, 0.15) is 32.1 Å². The van der Waals surface area contributed by atoms with E-state index < -0.39 is 16.2 Å². The predicted molar refractivity (Wildman–Crippen MR) is 142 cm³/mol. The van der Waals surface area contributed by atoms with Crippen molar-refractivity contribution in [2.45, 2.75) is 27.3 Å². The molecule has 0 atom stereocenters. The van der Waals surface area contributed by atoms with Gasteiger partial charge in [0.25, 0.3) is 11.2 Å². The summed E-state index contributed by atoms with van der Waals surface area (Å²) >= 11 is 7.31. The molecule has 0 amide bonds. The normalized spacial score (nSPS) is 12.8. The third kappa shape index (κ3) is 5.95. The van der Waals surface area contributed by atoms with Crippen LogP contribution < -0.4 is 14.8 Å². The summed E-state index contributed by atoms with van der Waals surface area (Å²) in [6, 6.07) is 13.3. The highest BCUT2D eigenvalue weighted by atomic mass is 35.5. The van der Waals surface area contributed by atoms with Crippen molar-refractivity contribution in [3.63, 3.8) is 0 Å². The first-order chi connectivity index (χ1) is 17.4. The summed E-state index contributed by atoms with van der Waals surface area (Å²) in [5.41, 5.74) is -0.0434. The molecule has 0 fully saturated rings. The van der Waals surface area contributed by atoms with Crippen molar-refractivity contribution in [1.29, 1.82) is 0 Å². The number of non-ortho nitro benzene ring substituents is 1. The van der Waals surface area contributed by atoms with Crippen LogP contribution in [-0.2, 0) is 11.3 Å². The Hall–Kier alpha value is -3.82. The number of nitrogens with zero attached hydrogens (tertiary/aromatic N) is 2. The van der Waals surface area contributed by atoms with E-state index in [1.54, 1.807) is 51.1 Å². The maximum Gasteiger partial charge on any atom is 0.270 e. The maximum atomic E-state index is 13.5. The number of benzene rings is 2. The Bertz CT molecular complexity index is 1690. The van der Waals surface area contributed by atoms with E-state index in [0.717, 1.165) is 11.3 Å². The van der Waals surface area contributed by atoms with Crippen molar-refractivity contribution in [1.82, 2.24) is 4.57 Å². The fourth-order valence-electron chi connectivity index (χ4n) is 3.43. The second-order valence-corrected chi connectivity index (χ2v) is 10.8. The smallest absolute Gasteiger partial charge is 0.270 e. The van der Waals surface area contributed by atoms with E-state index in [2.05, 4.69) is 0 Å². The lowest BCUT2D eigenvalue weighted by Crippen LogP contribution is -2.33. The maximum absolute atomic E-state index is 13.5. The van der Waals surface area contributed by atoms with E-state index in [1.165, 1.54) is 41.0 Å². The first-order valence-electron chi connectivity index (χ1n) is 11.2. The zero-order valence-electron chi connectivity index (χ0n) is 20.2. The van der Waals surface area contributed by atoms with Crippen molar-refractivity contribution in [2.24, 2.45) is 5.41 Å². The molecule has 10 heteroatoms. The number of carbonyl (C=O) groups excluding carboxylic acids is 1. The van der Waals surface area contributed by atoms with Gasteiger partial charge in [0.2, 0.25) is 0 Å². The van der Waals surface area contributed by atoms with Crippen LogP contribution in [0.4, 0.5) is 10.1 Å². The van der Waals surface area contributed by atoms with Crippen molar-refractivity contribution >= 4 is 46.6 Å². The Kier molecular flexibility index (Phi) is 7.29. The van der Waals surface area contributed by atoms with Crippen LogP contribution in [0, 0.1) is 21.3 Å². The second kappa shape index (κ2) is 10.3. The van der Waals surface area contributed by atoms with E-state index in [-0.39, 0.29) is 28.6 Å². The van der Waals surface area contributed by atoms with Gasteiger partial charge in [-0.15, -0.1) is 11.3 Å². The fourth-order valence-corrected chi connectivity index (χ4v) is 4.68. The third-order valence-electron chi connectivity index (χ3n) is 5.52. The van der Waals surface area contributed by atoms with Crippen LogP contribution in [0.15, 0.2) is 63.8 Å². The second-order valence-electron chi connectivity index (χ2n) is 9.34. The van der Waals surface area contributed by atoms with Gasteiger partial charge in [0, 0.05) is 40.3 Å². The number of hydrogen-bond donors (Lipinski definition) is 0. The molecule has 2 aromatic carbocycles. The van der Waals surface area contributed by atoms with E-state index in [4.69, 9.17) is 16.0 Å². The van der Waals surface area contributed by atoms with Crippen molar-refractivity contribution in [3.8, 4) is 11.3 Å². The Labute approximate surface area is 219 Å². The van der Waals surface area contributed by atoms with Gasteiger partial charge in [-0.05, 0) is 29.8 Å². The van der Waals surface area contributed by atoms with E-state index >= 15 is 0 Å². The molecular weight excluding hydrogens is 519 g/mol. The molecule has 0 bridgehead atoms. The highest BCUT2D eigenvalue weighted by molar-refractivity contribution is 7.07. The number of nitro groups is 1. The molecule has 0 N–H and O–H groups in total. The number of halogens is 2. The fraction of sp³-hybridized carbons (Fsp3) is 0.185. The lowest BCUT2D eigenvalue weighted by Gasteiger charge is -2.13. The number of rotatable bonds is 6. The van der Waals surface area contributed by atoms with Gasteiger partial charge in [-0.3, -0.25) is 24.3 Å². The zero-order chi connectivity index (χ0) is 26.9. The molecule has 0 saturated heterocycles. The molecule has 0 aliphatic carbocycles. The van der Waals surface area contributed by atoms with Gasteiger partial charge >= 0.3 is 0 Å². The molecule has 0 radical (unpaired) electrons. The van der Waals surface area contributed by atoms with E-state index in [9.17, 15) is 24.1 Å². The van der Waals surface area contributed by atoms with Gasteiger partial charge in [-0.25, -0.2) is 4.39 Å². The minimum Gasteiger partial charge on any atom is -0.457 e. The van der Waals surface area contributed by atoms with Gasteiger partial charge in [0.1, 0.15) is 22.0 Å². The van der Waals surface area contributed by atoms with Crippen LogP contribution in [0.2, 0.25) is 5.02 Å².